The van der Waals surface area contributed by atoms with E-state index in [4.69, 9.17) is 16.2 Å². The van der Waals surface area contributed by atoms with Crippen molar-refractivity contribution in [1.29, 1.82) is 0 Å². The Morgan fingerprint density at radius 2 is 1.57 bits per heavy atom. The van der Waals surface area contributed by atoms with E-state index in [-0.39, 0.29) is 39.1 Å². The quantitative estimate of drug-likeness (QED) is 0.219. The van der Waals surface area contributed by atoms with Crippen LogP contribution in [0.4, 0.5) is 39.7 Å². The molecule has 4 aromatic carbocycles. The van der Waals surface area contributed by atoms with Gasteiger partial charge in [-0.1, -0.05) is 17.7 Å². The Labute approximate surface area is 236 Å². The monoisotopic (exact) mass is 599 g/mol. The molecule has 0 aliphatic carbocycles. The number of benzene rings is 4. The van der Waals surface area contributed by atoms with E-state index in [1.807, 2.05) is 6.92 Å². The highest BCUT2D eigenvalue weighted by atomic mass is 32.2. The van der Waals surface area contributed by atoms with E-state index in [9.17, 15) is 30.8 Å². The molecule has 0 aliphatic rings. The molecular weight excluding hydrogens is 578 g/mol. The summed E-state index contributed by atoms with van der Waals surface area (Å²) in [6, 6.07) is 16.5. The number of carbonyl (C=O) groups excluding carboxylic acids is 1. The predicted molar refractivity (Wildman–Crippen MR) is 148 cm³/mol. The number of rotatable bonds is 6. The maximum atomic E-state index is 14.5. The van der Waals surface area contributed by atoms with Gasteiger partial charge in [0.15, 0.2) is 0 Å². The number of carbonyl (C=O) groups is 1. The summed E-state index contributed by atoms with van der Waals surface area (Å²) < 4.78 is 87.2. The molecular formula is C28H21F4N5O4S. The topological polar surface area (TPSA) is 134 Å². The minimum Gasteiger partial charge on any atom is -0.457 e. The number of primary amides is 1. The van der Waals surface area contributed by atoms with Crippen molar-refractivity contribution in [2.75, 3.05) is 10.6 Å². The Morgan fingerprint density at radius 1 is 0.929 bits per heavy atom. The van der Waals surface area contributed by atoms with Crippen molar-refractivity contribution in [2.45, 2.75) is 18.0 Å². The smallest absolute Gasteiger partial charge is 0.416 e. The van der Waals surface area contributed by atoms with Crippen molar-refractivity contribution in [2.24, 2.45) is 5.73 Å². The molecule has 1 aromatic heterocycles. The summed E-state index contributed by atoms with van der Waals surface area (Å²) in [6.07, 6.45) is -4.77. The largest absolute Gasteiger partial charge is 0.457 e. The summed E-state index contributed by atoms with van der Waals surface area (Å²) in [5.74, 6) is -0.853. The van der Waals surface area contributed by atoms with Gasteiger partial charge in [-0.3, -0.25) is 4.90 Å². The number of nitrogen functional groups attached to an aromatic ring is 1. The van der Waals surface area contributed by atoms with Crippen molar-refractivity contribution < 1.29 is 35.5 Å². The zero-order valence-electron chi connectivity index (χ0n) is 21.6. The number of alkyl halides is 3. The van der Waals surface area contributed by atoms with Crippen LogP contribution in [0.15, 0.2) is 89.8 Å². The van der Waals surface area contributed by atoms with Gasteiger partial charge >= 0.3 is 12.2 Å². The van der Waals surface area contributed by atoms with Crippen molar-refractivity contribution in [3.8, 4) is 11.5 Å². The van der Waals surface area contributed by atoms with E-state index in [1.54, 1.807) is 12.1 Å². The average molecular weight is 600 g/mol. The maximum Gasteiger partial charge on any atom is 0.416 e. The fraction of sp³-hybridized carbons (Fsp3) is 0.0714. The second kappa shape index (κ2) is 10.4. The van der Waals surface area contributed by atoms with Gasteiger partial charge in [-0.15, -0.1) is 0 Å². The van der Waals surface area contributed by atoms with E-state index < -0.39 is 39.3 Å². The molecule has 216 valence electrons. The number of urea groups is 1. The van der Waals surface area contributed by atoms with Crippen molar-refractivity contribution in [1.82, 2.24) is 8.96 Å². The number of aromatic nitrogens is 2. The summed E-state index contributed by atoms with van der Waals surface area (Å²) in [7, 11) is -4.04. The summed E-state index contributed by atoms with van der Waals surface area (Å²) in [5.41, 5.74) is 10.8. The molecule has 42 heavy (non-hydrogen) atoms. The lowest BCUT2D eigenvalue weighted by molar-refractivity contribution is -0.137. The van der Waals surface area contributed by atoms with Gasteiger partial charge in [0.05, 0.1) is 32.9 Å². The van der Waals surface area contributed by atoms with Crippen molar-refractivity contribution >= 4 is 44.4 Å². The highest BCUT2D eigenvalue weighted by molar-refractivity contribution is 7.90. The molecule has 5 rings (SSSR count). The fourth-order valence-corrected chi connectivity index (χ4v) is 5.62. The first-order valence-corrected chi connectivity index (χ1v) is 13.5. The minimum atomic E-state index is -4.77. The number of hydrogen-bond acceptors (Lipinski definition) is 6. The van der Waals surface area contributed by atoms with Gasteiger partial charge in [-0.2, -0.15) is 13.2 Å². The number of halogens is 4. The lowest BCUT2D eigenvalue weighted by atomic mass is 10.1. The summed E-state index contributed by atoms with van der Waals surface area (Å²) in [6.45, 7) is 1.83. The Balaban J connectivity index is 1.42. The number of hydrogen-bond donors (Lipinski definition) is 2. The minimum absolute atomic E-state index is 0.0173. The van der Waals surface area contributed by atoms with Gasteiger partial charge in [0.2, 0.25) is 5.95 Å². The second-order valence-corrected chi connectivity index (χ2v) is 10.9. The van der Waals surface area contributed by atoms with Gasteiger partial charge in [-0.05, 0) is 73.7 Å². The highest BCUT2D eigenvalue weighted by Crippen LogP contribution is 2.36. The average Bonchev–Trinajstić information content (AvgIpc) is 3.26. The Kier molecular flexibility index (Phi) is 7.02. The number of nitrogens with zero attached hydrogens (tertiary/aromatic N) is 3. The highest BCUT2D eigenvalue weighted by Gasteiger charge is 2.32. The van der Waals surface area contributed by atoms with Crippen LogP contribution in [0.1, 0.15) is 11.1 Å². The Morgan fingerprint density at radius 3 is 2.19 bits per heavy atom. The number of amides is 2. The van der Waals surface area contributed by atoms with Gasteiger partial charge in [0.1, 0.15) is 17.3 Å². The van der Waals surface area contributed by atoms with Crippen LogP contribution in [0.2, 0.25) is 0 Å². The number of imidazole rings is 1. The lowest BCUT2D eigenvalue weighted by Crippen LogP contribution is -2.32. The molecule has 0 bridgehead atoms. The molecule has 14 heteroatoms. The summed E-state index contributed by atoms with van der Waals surface area (Å²) in [5, 5.41) is 0. The van der Waals surface area contributed by atoms with Gasteiger partial charge in [-0.25, -0.2) is 26.6 Å². The van der Waals surface area contributed by atoms with E-state index in [1.165, 1.54) is 54.6 Å². The van der Waals surface area contributed by atoms with E-state index in [2.05, 4.69) is 4.98 Å². The van der Waals surface area contributed by atoms with E-state index in [0.29, 0.717) is 23.1 Å². The molecule has 9 nitrogen and oxygen atoms in total. The molecule has 0 radical (unpaired) electrons. The third kappa shape index (κ3) is 5.31. The molecule has 0 aliphatic heterocycles. The van der Waals surface area contributed by atoms with Crippen LogP contribution in [0.5, 0.6) is 11.5 Å². The first kappa shape index (κ1) is 28.4. The number of ether oxygens (including phenoxy) is 1. The third-order valence-corrected chi connectivity index (χ3v) is 7.97. The lowest BCUT2D eigenvalue weighted by Gasteiger charge is -2.22. The van der Waals surface area contributed by atoms with E-state index in [0.717, 1.165) is 9.54 Å². The molecule has 5 aromatic rings. The molecule has 4 N–H and O–H groups in total. The first-order chi connectivity index (χ1) is 19.8. The molecule has 0 fully saturated rings. The summed E-state index contributed by atoms with van der Waals surface area (Å²) >= 11 is 0. The third-order valence-electron chi connectivity index (χ3n) is 6.23. The predicted octanol–water partition coefficient (Wildman–Crippen LogP) is 6.33. The summed E-state index contributed by atoms with van der Waals surface area (Å²) in [4.78, 5) is 16.9. The maximum absolute atomic E-state index is 14.5. The van der Waals surface area contributed by atoms with Crippen LogP contribution in [-0.4, -0.2) is 23.4 Å². The first-order valence-electron chi connectivity index (χ1n) is 12.1. The van der Waals surface area contributed by atoms with Crippen LogP contribution in [-0.2, 0) is 16.2 Å². The normalized spacial score (nSPS) is 11.9. The molecule has 0 spiro atoms. The Hall–Kier alpha value is -5.11. The van der Waals surface area contributed by atoms with Gasteiger partial charge in [0, 0.05) is 6.07 Å². The second-order valence-electron chi connectivity index (χ2n) is 9.14. The van der Waals surface area contributed by atoms with Crippen LogP contribution in [0, 0.1) is 12.7 Å². The molecule has 0 unspecified atom stereocenters. The van der Waals surface area contributed by atoms with Crippen LogP contribution < -0.4 is 21.1 Å². The molecule has 0 saturated heterocycles. The number of fused-ring (bicyclic) bond motifs is 1. The molecule has 1 heterocycles. The zero-order valence-corrected chi connectivity index (χ0v) is 22.4. The van der Waals surface area contributed by atoms with Gasteiger partial charge < -0.3 is 16.2 Å². The van der Waals surface area contributed by atoms with Crippen LogP contribution in [0.25, 0.3) is 11.0 Å². The molecule has 0 atom stereocenters. The SMILES string of the molecule is Cc1ccc(S(=O)(=O)n2c(N)nc3cc(Oc4ccc(N(C(N)=O)c5cc(C(F)(F)F)ccc5F)cc4)ccc32)cc1. The molecule has 2 amide bonds. The van der Waals surface area contributed by atoms with Crippen molar-refractivity contribution in [3.05, 3.63) is 102 Å². The van der Waals surface area contributed by atoms with Crippen molar-refractivity contribution in [3.63, 3.8) is 0 Å². The number of aryl methyl sites for hydroxylation is 1. The number of nitrogens with two attached hydrogens (primary N) is 2. The fourth-order valence-electron chi connectivity index (χ4n) is 4.23. The standard InChI is InChI=1S/C28H21F4N5O4S/c1-16-2-10-21(11-3-16)42(39,40)37-24-13-9-20(15-23(24)35-26(37)33)41-19-7-5-18(6-8-19)36(27(34)38)25-14-17(28(30,31)32)4-12-22(25)29/h2-15H,1H3,(H2,33,35)(H2,34,38). The zero-order chi connectivity index (χ0) is 30.4. The molecule has 0 saturated carbocycles. The number of anilines is 3. The van der Waals surface area contributed by atoms with Crippen LogP contribution in [0.3, 0.4) is 0 Å². The Bertz CT molecular complexity index is 1920. The van der Waals surface area contributed by atoms with E-state index >= 15 is 0 Å². The van der Waals surface area contributed by atoms with Gasteiger partial charge in [0.25, 0.3) is 10.0 Å². The van der Waals surface area contributed by atoms with Crippen LogP contribution >= 0.6 is 0 Å².